The Labute approximate surface area is 765 Å². The maximum Gasteiger partial charge on any atom is 0.340 e. The second-order valence-electron chi connectivity index (χ2n) is 32.3. The molecule has 2 aliphatic rings. The standard InChI is InChI=1S/C84H112N24O26/c1-11-37(4)66(80(129)106-58(30-62(86)112)78(127)103-54(21-23-64(114)115)75(124)97-38(5)67(116)92-33-63(113)101-55(81(130)131)13-12-24-91-83(87)88)108-72(121)42(9)96-69(118)40(7)99-76(125)56(26-45-31-89-34-93-45)104-70(119)41(8)95-68(117)39(6)100-77(126)57(27-46-32-90-35-94-46)105-79(128)65(36(2)3)107-71(120)43(10)98-74(123)53(20-22-61(85)111)102-73(122)44-14-17-50-49(25-44)82(132)134-84(50)51-18-15-47(109)28-59(51)133-60-29-48(110)16-19-52(60)84/h14-19,25,28-29,31-32,34-43,53-58,65-66,109-110H,11-13,20-24,26-27,30,33H2,1-10H3,(H2,85,111)(H2,86,112)(H,89,93)(H,90,94)(H,92,116)(H,95,117)(H,96,118)(H,97,124)(H,98,123)(H,99,125)(H,100,126)(H,101,113)(H,102,122)(H,103,127)(H,104,119)(H,105,128)(H,106,129)(H,107,120)(H,108,121)(H,114,115)(H,130,131)(H4,87,88,91)/t37-,38-,39-,40-,41-,42-,43-,53-,54-,55-,56-,57-,58-,65-,66-/m0/s1. The maximum absolute atomic E-state index is 14.3. The molecule has 5 aromatic rings. The zero-order valence-corrected chi connectivity index (χ0v) is 74.6. The number of aromatic hydroxyl groups is 2. The van der Waals surface area contributed by atoms with Gasteiger partial charge in [-0.3, -0.25) is 91.7 Å². The second-order valence-corrected chi connectivity index (χ2v) is 32.3. The van der Waals surface area contributed by atoms with Crippen molar-refractivity contribution in [1.29, 1.82) is 5.41 Å². The molecule has 724 valence electrons. The average molecular weight is 1870 g/mol. The number of imidazole rings is 2. The van der Waals surface area contributed by atoms with E-state index in [9.17, 15) is 116 Å². The van der Waals surface area contributed by atoms with Gasteiger partial charge in [0.2, 0.25) is 94.5 Å². The molecular weight excluding hydrogens is 1760 g/mol. The van der Waals surface area contributed by atoms with Gasteiger partial charge < -0.3 is 142 Å². The van der Waals surface area contributed by atoms with Crippen LogP contribution in [0, 0.1) is 17.2 Å². The number of fused-ring (bicyclic) bond motifs is 6. The van der Waals surface area contributed by atoms with E-state index in [1.807, 2.05) is 0 Å². The fraction of sp³-hybridized carbons (Fsp3) is 0.464. The highest BCUT2D eigenvalue weighted by Crippen LogP contribution is 2.57. The van der Waals surface area contributed by atoms with Crippen molar-refractivity contribution in [3.63, 3.8) is 0 Å². The van der Waals surface area contributed by atoms with Crippen LogP contribution in [0.25, 0.3) is 0 Å². The Kier molecular flexibility index (Phi) is 37.8. The number of primary amides is 2. The number of aromatic amines is 2. The summed E-state index contributed by atoms with van der Waals surface area (Å²) >= 11 is 0. The number of esters is 1. The van der Waals surface area contributed by atoms with Crippen LogP contribution in [0.1, 0.15) is 169 Å². The van der Waals surface area contributed by atoms with Crippen LogP contribution < -0.4 is 107 Å². The summed E-state index contributed by atoms with van der Waals surface area (Å²) in [5, 5.41) is 85.5. The van der Waals surface area contributed by atoms with Crippen molar-refractivity contribution in [2.75, 3.05) is 13.1 Å². The van der Waals surface area contributed by atoms with Gasteiger partial charge in [0.15, 0.2) is 11.6 Å². The first kappa shape index (κ1) is 105. The van der Waals surface area contributed by atoms with Gasteiger partial charge in [-0.15, -0.1) is 0 Å². The summed E-state index contributed by atoms with van der Waals surface area (Å²) in [6.07, 6.45) is 1.87. The number of guanidine groups is 1. The minimum Gasteiger partial charge on any atom is -0.508 e. The average Bonchev–Trinajstić information content (AvgIpc) is 1.52. The summed E-state index contributed by atoms with van der Waals surface area (Å²) in [4.78, 5) is 283. The van der Waals surface area contributed by atoms with Crippen LogP contribution in [-0.2, 0) is 109 Å². The van der Waals surface area contributed by atoms with E-state index in [0.29, 0.717) is 11.1 Å². The first-order valence-corrected chi connectivity index (χ1v) is 42.4. The lowest BCUT2D eigenvalue weighted by Gasteiger charge is -2.36. The molecule has 7 rings (SSSR count). The molecule has 50 nitrogen and oxygen atoms in total. The largest absolute Gasteiger partial charge is 0.508 e. The summed E-state index contributed by atoms with van der Waals surface area (Å²) in [7, 11) is 0. The van der Waals surface area contributed by atoms with Gasteiger partial charge >= 0.3 is 17.9 Å². The molecule has 4 heterocycles. The van der Waals surface area contributed by atoms with Crippen LogP contribution in [0.4, 0.5) is 0 Å². The number of hydrogen-bond donors (Lipinski definition) is 26. The zero-order valence-electron chi connectivity index (χ0n) is 74.6. The van der Waals surface area contributed by atoms with E-state index >= 15 is 0 Å². The molecule has 0 radical (unpaired) electrons. The number of rotatable bonds is 50. The van der Waals surface area contributed by atoms with Crippen molar-refractivity contribution in [2.24, 2.45) is 29.0 Å². The summed E-state index contributed by atoms with van der Waals surface area (Å²) in [5.74, 6) is -22.9. The molecule has 0 fully saturated rings. The number of aliphatic carboxylic acids is 2. The normalized spacial score (nSPS) is 15.3. The molecule has 2 aromatic heterocycles. The number of H-pyrrole nitrogens is 2. The molecule has 0 unspecified atom stereocenters. The molecule has 15 atom stereocenters. The SMILES string of the molecule is CC[C@H](C)[C@H](NC(=O)[C@H](C)NC(=O)[C@H](C)NC(=O)[C@H](Cc1c[nH]cn1)NC(=O)[C@H](C)NC(=O)[C@H](C)NC(=O)[C@H](Cc1c[nH]cn1)NC(=O)[C@@H](NC(=O)[C@H](C)NC(=O)[C@H](CCC(N)=O)NC(=O)c1ccc2c(c1)C(=O)OC21c2ccc(O)cc2Oc2cc(O)ccc21)C(C)C)C(=O)N[C@@H](CC(N)=O)C(=O)N[C@@H](CCC(=O)O)C(=O)N[C@@H](C)C(=O)NCC(=O)N[C@@H](CCCNC(=N)N)C(=O)O. The van der Waals surface area contributed by atoms with Crippen LogP contribution in [0.15, 0.2) is 79.6 Å². The lowest BCUT2D eigenvalue weighted by atomic mass is 9.77. The molecule has 0 saturated carbocycles. The summed E-state index contributed by atoms with van der Waals surface area (Å²) in [5.41, 5.74) is 15.6. The Bertz CT molecular complexity index is 5190. The van der Waals surface area contributed by atoms with Crippen molar-refractivity contribution < 1.29 is 126 Å². The van der Waals surface area contributed by atoms with Crippen LogP contribution >= 0.6 is 0 Å². The van der Waals surface area contributed by atoms with Gasteiger partial charge in [-0.1, -0.05) is 40.2 Å². The number of carboxylic acids is 2. The molecule has 50 heteroatoms. The number of benzene rings is 3. The lowest BCUT2D eigenvalue weighted by molar-refractivity contribution is -0.142. The molecule has 17 amide bonds. The molecule has 29 N–H and O–H groups in total. The number of carbonyl (C=O) groups is 20. The number of carbonyl (C=O) groups excluding carboxylic acids is 18. The third-order valence-corrected chi connectivity index (χ3v) is 21.5. The number of aromatic nitrogens is 4. The van der Waals surface area contributed by atoms with Crippen LogP contribution in [0.5, 0.6) is 23.0 Å². The number of nitrogens with zero attached hydrogens (tertiary/aromatic N) is 2. The van der Waals surface area contributed by atoms with Crippen molar-refractivity contribution in [3.8, 4) is 23.0 Å². The Hall–Kier alpha value is -15.9. The van der Waals surface area contributed by atoms with Gasteiger partial charge in [-0.05, 0) is 115 Å². The number of carboxylic acid groups (broad SMARTS) is 2. The monoisotopic (exact) mass is 1870 g/mol. The van der Waals surface area contributed by atoms with E-state index in [1.54, 1.807) is 20.8 Å². The number of amides is 17. The van der Waals surface area contributed by atoms with Crippen molar-refractivity contribution in [2.45, 2.75) is 224 Å². The van der Waals surface area contributed by atoms with E-state index < -0.39 is 253 Å². The maximum atomic E-state index is 14.3. The number of nitrogens with one attached hydrogen (secondary N) is 19. The van der Waals surface area contributed by atoms with Crippen LogP contribution in [-0.4, -0.2) is 262 Å². The van der Waals surface area contributed by atoms with Crippen molar-refractivity contribution in [3.05, 3.63) is 119 Å². The van der Waals surface area contributed by atoms with Crippen LogP contribution in [0.2, 0.25) is 0 Å². The first-order chi connectivity index (χ1) is 63.1. The number of phenolic OH excluding ortho intramolecular Hbond substituents is 2. The molecule has 3 aromatic carbocycles. The number of hydrogen-bond acceptors (Lipinski definition) is 27. The summed E-state index contributed by atoms with van der Waals surface area (Å²) in [6.45, 7) is 12.9. The zero-order chi connectivity index (χ0) is 99.4. The predicted molar refractivity (Wildman–Crippen MR) is 466 cm³/mol. The molecule has 0 saturated heterocycles. The summed E-state index contributed by atoms with van der Waals surface area (Å²) < 4.78 is 12.1. The predicted octanol–water partition coefficient (Wildman–Crippen LogP) is -5.71. The first-order valence-electron chi connectivity index (χ1n) is 42.4. The number of ether oxygens (including phenoxy) is 2. The molecular formula is C84H112N24O26. The molecule has 1 spiro atoms. The fourth-order valence-corrected chi connectivity index (χ4v) is 13.8. The van der Waals surface area contributed by atoms with E-state index in [2.05, 4.69) is 105 Å². The Balaban J connectivity index is 0.921. The third kappa shape index (κ3) is 29.6. The Morgan fingerprint density at radius 3 is 1.34 bits per heavy atom. The second kappa shape index (κ2) is 48.2. The van der Waals surface area contributed by atoms with Gasteiger partial charge in [0.25, 0.3) is 5.91 Å². The highest BCUT2D eigenvalue weighted by Gasteiger charge is 2.54. The summed E-state index contributed by atoms with van der Waals surface area (Å²) in [6, 6.07) is -9.27. The molecule has 2 aliphatic heterocycles. The van der Waals surface area contributed by atoms with Gasteiger partial charge in [0.1, 0.15) is 108 Å². The van der Waals surface area contributed by atoms with E-state index in [4.69, 9.17) is 32.1 Å². The smallest absolute Gasteiger partial charge is 0.340 e. The number of phenols is 2. The lowest BCUT2D eigenvalue weighted by Crippen LogP contribution is -2.61. The highest BCUT2D eigenvalue weighted by atomic mass is 16.6. The van der Waals surface area contributed by atoms with E-state index in [-0.39, 0.29) is 102 Å². The van der Waals surface area contributed by atoms with Gasteiger partial charge in [-0.2, -0.15) is 0 Å². The van der Waals surface area contributed by atoms with Crippen molar-refractivity contribution in [1.82, 2.24) is 105 Å². The quantitative estimate of drug-likeness (QED) is 0.00747. The highest BCUT2D eigenvalue weighted by molar-refractivity contribution is 6.05. The van der Waals surface area contributed by atoms with E-state index in [1.165, 1.54) is 121 Å². The fourth-order valence-electron chi connectivity index (χ4n) is 13.8. The molecule has 134 heavy (non-hydrogen) atoms. The van der Waals surface area contributed by atoms with Crippen molar-refractivity contribution >= 4 is 124 Å². The minimum absolute atomic E-state index is 0.0735. The Morgan fingerprint density at radius 2 is 0.881 bits per heavy atom. The molecule has 0 aliphatic carbocycles. The number of nitrogens with two attached hydrogens (primary N) is 3. The third-order valence-electron chi connectivity index (χ3n) is 21.5. The van der Waals surface area contributed by atoms with Crippen LogP contribution in [0.3, 0.4) is 0 Å². The molecule has 0 bridgehead atoms. The van der Waals surface area contributed by atoms with E-state index in [0.717, 1.165) is 6.92 Å². The van der Waals surface area contributed by atoms with Gasteiger partial charge in [0.05, 0.1) is 42.6 Å². The van der Waals surface area contributed by atoms with Gasteiger partial charge in [0, 0.05) is 79.0 Å². The Morgan fingerprint density at radius 1 is 0.455 bits per heavy atom. The minimum atomic E-state index is -1.91. The topological polar surface area (TPSA) is 793 Å². The van der Waals surface area contributed by atoms with Gasteiger partial charge in [-0.25, -0.2) is 19.6 Å².